The number of rotatable bonds is 7. The molecule has 0 aliphatic carbocycles. The normalized spacial score (nSPS) is 18.5. The van der Waals surface area contributed by atoms with E-state index in [1.165, 1.54) is 35.8 Å². The lowest BCUT2D eigenvalue weighted by Gasteiger charge is -2.27. The van der Waals surface area contributed by atoms with E-state index < -0.39 is 0 Å². The van der Waals surface area contributed by atoms with Crippen molar-refractivity contribution in [3.63, 3.8) is 0 Å². The van der Waals surface area contributed by atoms with Crippen LogP contribution in [0.5, 0.6) is 0 Å². The van der Waals surface area contributed by atoms with Crippen LogP contribution in [0.3, 0.4) is 0 Å². The number of halogens is 1. The maximum atomic E-state index is 4.59. The molecule has 0 saturated carbocycles. The summed E-state index contributed by atoms with van der Waals surface area (Å²) in [5.41, 5.74) is 1.16. The minimum absolute atomic E-state index is 0. The molecule has 0 amide bonds. The van der Waals surface area contributed by atoms with E-state index in [-0.39, 0.29) is 24.0 Å². The van der Waals surface area contributed by atoms with Crippen LogP contribution in [0.15, 0.2) is 4.99 Å². The van der Waals surface area contributed by atoms with Crippen molar-refractivity contribution in [1.82, 2.24) is 20.5 Å². The van der Waals surface area contributed by atoms with Crippen molar-refractivity contribution in [2.24, 2.45) is 10.9 Å². The van der Waals surface area contributed by atoms with Crippen LogP contribution in [-0.2, 0) is 6.42 Å². The summed E-state index contributed by atoms with van der Waals surface area (Å²) in [4.78, 5) is 12.9. The standard InChI is InChI=1S/C18H33N5S.HI/c1-13(2)12-23-10-6-7-16(23)11-21-18(19-5)20-9-8-17-22-14(3)15(4)24-17;/h13,16H,6-12H2,1-5H3,(H2,19,20,21);1H/t16-;/m1./s1. The van der Waals surface area contributed by atoms with Crippen molar-refractivity contribution in [3.05, 3.63) is 15.6 Å². The van der Waals surface area contributed by atoms with Gasteiger partial charge >= 0.3 is 0 Å². The highest BCUT2D eigenvalue weighted by atomic mass is 127. The molecule has 144 valence electrons. The van der Waals surface area contributed by atoms with Gasteiger partial charge in [-0.25, -0.2) is 4.98 Å². The van der Waals surface area contributed by atoms with Crippen LogP contribution in [0.25, 0.3) is 0 Å². The van der Waals surface area contributed by atoms with Crippen LogP contribution < -0.4 is 10.6 Å². The minimum atomic E-state index is 0. The van der Waals surface area contributed by atoms with Crippen LogP contribution in [0, 0.1) is 19.8 Å². The highest BCUT2D eigenvalue weighted by Gasteiger charge is 2.24. The molecule has 7 heteroatoms. The molecule has 0 radical (unpaired) electrons. The fourth-order valence-corrected chi connectivity index (χ4v) is 4.14. The number of aromatic nitrogens is 1. The Labute approximate surface area is 174 Å². The zero-order valence-corrected chi connectivity index (χ0v) is 19.4. The van der Waals surface area contributed by atoms with E-state index in [0.29, 0.717) is 6.04 Å². The second-order valence-electron chi connectivity index (χ2n) is 7.06. The molecule has 0 unspecified atom stereocenters. The van der Waals surface area contributed by atoms with Gasteiger partial charge in [0.25, 0.3) is 0 Å². The highest BCUT2D eigenvalue weighted by Crippen LogP contribution is 2.18. The van der Waals surface area contributed by atoms with Gasteiger partial charge in [-0.3, -0.25) is 9.89 Å². The second kappa shape index (κ2) is 11.3. The van der Waals surface area contributed by atoms with E-state index in [1.54, 1.807) is 11.3 Å². The van der Waals surface area contributed by atoms with Gasteiger partial charge in [0.15, 0.2) is 5.96 Å². The topological polar surface area (TPSA) is 52.6 Å². The number of aryl methyl sites for hydroxylation is 2. The molecule has 2 N–H and O–H groups in total. The number of aliphatic imine (C=N–C) groups is 1. The molecule has 2 rings (SSSR count). The summed E-state index contributed by atoms with van der Waals surface area (Å²) in [5, 5.41) is 8.11. The number of hydrogen-bond donors (Lipinski definition) is 2. The van der Waals surface area contributed by atoms with E-state index in [9.17, 15) is 0 Å². The van der Waals surface area contributed by atoms with Gasteiger partial charge in [-0.1, -0.05) is 13.8 Å². The summed E-state index contributed by atoms with van der Waals surface area (Å²) in [6.07, 6.45) is 3.55. The molecule has 1 fully saturated rings. The molecule has 1 aliphatic heterocycles. The number of thiazole rings is 1. The number of likely N-dealkylation sites (tertiary alicyclic amines) is 1. The molecule has 2 heterocycles. The van der Waals surface area contributed by atoms with Crippen molar-refractivity contribution < 1.29 is 0 Å². The van der Waals surface area contributed by atoms with Crippen molar-refractivity contribution >= 4 is 41.3 Å². The van der Waals surface area contributed by atoms with Crippen LogP contribution in [0.4, 0.5) is 0 Å². The molecule has 1 aromatic heterocycles. The van der Waals surface area contributed by atoms with Gasteiger partial charge in [0.1, 0.15) is 0 Å². The molecule has 25 heavy (non-hydrogen) atoms. The number of nitrogens with one attached hydrogen (secondary N) is 2. The summed E-state index contributed by atoms with van der Waals surface area (Å²) < 4.78 is 0. The maximum absolute atomic E-state index is 4.59. The predicted octanol–water partition coefficient (Wildman–Crippen LogP) is 3.21. The van der Waals surface area contributed by atoms with Crippen molar-refractivity contribution in [1.29, 1.82) is 0 Å². The zero-order valence-electron chi connectivity index (χ0n) is 16.3. The molecular weight excluding hydrogens is 445 g/mol. The first kappa shape index (κ1) is 22.6. The van der Waals surface area contributed by atoms with Crippen LogP contribution in [-0.4, -0.2) is 55.1 Å². The molecule has 0 spiro atoms. The predicted molar refractivity (Wildman–Crippen MR) is 120 cm³/mol. The van der Waals surface area contributed by atoms with Gasteiger partial charge in [0, 0.05) is 44.0 Å². The third kappa shape index (κ3) is 7.38. The first-order chi connectivity index (χ1) is 11.5. The Hall–Kier alpha value is -0.410. The zero-order chi connectivity index (χ0) is 17.5. The third-order valence-electron chi connectivity index (χ3n) is 4.53. The van der Waals surface area contributed by atoms with Gasteiger partial charge in [-0.05, 0) is 39.2 Å². The summed E-state index contributed by atoms with van der Waals surface area (Å²) in [5.74, 6) is 1.63. The molecular formula is C18H34IN5S. The second-order valence-corrected chi connectivity index (χ2v) is 8.35. The average Bonchev–Trinajstić information content (AvgIpc) is 3.09. The summed E-state index contributed by atoms with van der Waals surface area (Å²) in [6.45, 7) is 13.1. The van der Waals surface area contributed by atoms with E-state index in [1.807, 2.05) is 7.05 Å². The lowest BCUT2D eigenvalue weighted by atomic mass is 10.1. The third-order valence-corrected chi connectivity index (χ3v) is 5.66. The van der Waals surface area contributed by atoms with E-state index in [0.717, 1.165) is 37.1 Å². The van der Waals surface area contributed by atoms with Crippen LogP contribution >= 0.6 is 35.3 Å². The quantitative estimate of drug-likeness (QED) is 0.358. The fraction of sp³-hybridized carbons (Fsp3) is 0.778. The first-order valence-corrected chi connectivity index (χ1v) is 9.92. The summed E-state index contributed by atoms with van der Waals surface area (Å²) in [7, 11) is 1.84. The number of hydrogen-bond acceptors (Lipinski definition) is 4. The fourth-order valence-electron chi connectivity index (χ4n) is 3.20. The van der Waals surface area contributed by atoms with Crippen molar-refractivity contribution in [3.8, 4) is 0 Å². The van der Waals surface area contributed by atoms with Gasteiger partial charge < -0.3 is 10.6 Å². The van der Waals surface area contributed by atoms with Gasteiger partial charge in [0.2, 0.25) is 0 Å². The Morgan fingerprint density at radius 3 is 2.72 bits per heavy atom. The van der Waals surface area contributed by atoms with Crippen LogP contribution in [0.2, 0.25) is 0 Å². The smallest absolute Gasteiger partial charge is 0.191 e. The minimum Gasteiger partial charge on any atom is -0.356 e. The lowest BCUT2D eigenvalue weighted by Crippen LogP contribution is -2.46. The van der Waals surface area contributed by atoms with E-state index in [4.69, 9.17) is 0 Å². The molecule has 1 atom stereocenters. The Morgan fingerprint density at radius 2 is 2.12 bits per heavy atom. The van der Waals surface area contributed by atoms with E-state index >= 15 is 0 Å². The molecule has 1 aliphatic rings. The first-order valence-electron chi connectivity index (χ1n) is 9.11. The number of guanidine groups is 1. The summed E-state index contributed by atoms with van der Waals surface area (Å²) >= 11 is 1.80. The van der Waals surface area contributed by atoms with Crippen molar-refractivity contribution in [2.45, 2.75) is 53.0 Å². The average molecular weight is 479 g/mol. The molecule has 5 nitrogen and oxygen atoms in total. The Bertz CT molecular complexity index is 524. The lowest BCUT2D eigenvalue weighted by molar-refractivity contribution is 0.226. The Balaban J connectivity index is 0.00000312. The van der Waals surface area contributed by atoms with Gasteiger partial charge in [-0.2, -0.15) is 0 Å². The molecule has 1 saturated heterocycles. The SMILES string of the molecule is CN=C(NCCc1nc(C)c(C)s1)NC[C@H]1CCCN1CC(C)C.I. The van der Waals surface area contributed by atoms with Gasteiger partial charge in [0.05, 0.1) is 10.7 Å². The Kier molecular flexibility index (Phi) is 10.3. The van der Waals surface area contributed by atoms with E-state index in [2.05, 4.69) is 53.2 Å². The van der Waals surface area contributed by atoms with Crippen molar-refractivity contribution in [2.75, 3.05) is 33.2 Å². The molecule has 0 aromatic carbocycles. The maximum Gasteiger partial charge on any atom is 0.191 e. The number of nitrogens with zero attached hydrogens (tertiary/aromatic N) is 3. The van der Waals surface area contributed by atoms with Gasteiger partial charge in [-0.15, -0.1) is 35.3 Å². The molecule has 1 aromatic rings. The monoisotopic (exact) mass is 479 g/mol. The summed E-state index contributed by atoms with van der Waals surface area (Å²) in [6, 6.07) is 0.634. The Morgan fingerprint density at radius 1 is 1.36 bits per heavy atom. The highest BCUT2D eigenvalue weighted by molar-refractivity contribution is 14.0. The molecule has 0 bridgehead atoms. The van der Waals surface area contributed by atoms with Crippen LogP contribution in [0.1, 0.15) is 42.3 Å². The largest absolute Gasteiger partial charge is 0.356 e.